The van der Waals surface area contributed by atoms with Crippen molar-refractivity contribution in [3.05, 3.63) is 17.0 Å². The molecule has 0 unspecified atom stereocenters. The lowest BCUT2D eigenvalue weighted by Gasteiger charge is -2.25. The van der Waals surface area contributed by atoms with E-state index in [1.165, 1.54) is 16.4 Å². The number of ether oxygens (including phenoxy) is 1. The molecule has 18 heavy (non-hydrogen) atoms. The second-order valence-corrected chi connectivity index (χ2v) is 7.12. The van der Waals surface area contributed by atoms with E-state index in [9.17, 15) is 18.3 Å². The normalized spacial score (nSPS) is 17.8. The zero-order valence-corrected chi connectivity index (χ0v) is 11.1. The van der Waals surface area contributed by atoms with E-state index in [0.29, 0.717) is 31.2 Å². The van der Waals surface area contributed by atoms with Crippen molar-refractivity contribution in [2.45, 2.75) is 10.6 Å². The highest BCUT2D eigenvalue weighted by Gasteiger charge is 2.27. The highest BCUT2D eigenvalue weighted by molar-refractivity contribution is 7.91. The summed E-state index contributed by atoms with van der Waals surface area (Å²) in [6.45, 7) is 1.43. The molecule has 6 nitrogen and oxygen atoms in total. The fraction of sp³-hybridized carbons (Fsp3) is 0.500. The minimum absolute atomic E-state index is 0.167. The number of carboxylic acid groups (broad SMARTS) is 1. The molecular formula is C10H12NO5S2-. The summed E-state index contributed by atoms with van der Waals surface area (Å²) < 4.78 is 31.0. The first-order chi connectivity index (χ1) is 8.50. The lowest BCUT2D eigenvalue weighted by Crippen LogP contribution is -2.40. The second-order valence-electron chi connectivity index (χ2n) is 3.79. The lowest BCUT2D eigenvalue weighted by molar-refractivity contribution is -0.304. The van der Waals surface area contributed by atoms with E-state index in [0.717, 1.165) is 11.3 Å². The van der Waals surface area contributed by atoms with Crippen LogP contribution in [0.25, 0.3) is 0 Å². The van der Waals surface area contributed by atoms with E-state index in [2.05, 4.69) is 0 Å². The Balaban J connectivity index is 2.18. The van der Waals surface area contributed by atoms with E-state index in [1.807, 2.05) is 0 Å². The number of carbonyl (C=O) groups is 1. The van der Waals surface area contributed by atoms with Crippen LogP contribution in [0.1, 0.15) is 4.88 Å². The van der Waals surface area contributed by atoms with Gasteiger partial charge >= 0.3 is 0 Å². The molecule has 1 aromatic rings. The van der Waals surface area contributed by atoms with E-state index < -0.39 is 16.0 Å². The van der Waals surface area contributed by atoms with Gasteiger partial charge in [0.2, 0.25) is 0 Å². The fourth-order valence-corrected chi connectivity index (χ4v) is 4.55. The molecule has 0 radical (unpaired) electrons. The van der Waals surface area contributed by atoms with E-state index in [4.69, 9.17) is 4.74 Å². The first-order valence-electron chi connectivity index (χ1n) is 5.36. The van der Waals surface area contributed by atoms with Gasteiger partial charge in [-0.05, 0) is 12.1 Å². The highest BCUT2D eigenvalue weighted by Crippen LogP contribution is 2.25. The Morgan fingerprint density at radius 3 is 2.67 bits per heavy atom. The minimum atomic E-state index is -3.52. The first kappa shape index (κ1) is 13.5. The van der Waals surface area contributed by atoms with Gasteiger partial charge in [0.1, 0.15) is 4.21 Å². The Bertz CT molecular complexity index is 530. The molecule has 2 heterocycles. The molecule has 0 spiro atoms. The summed E-state index contributed by atoms with van der Waals surface area (Å²) >= 11 is 0.971. The number of thiophene rings is 1. The van der Waals surface area contributed by atoms with Gasteiger partial charge < -0.3 is 14.6 Å². The van der Waals surface area contributed by atoms with Crippen LogP contribution in [0.5, 0.6) is 0 Å². The lowest BCUT2D eigenvalue weighted by atomic mass is 10.3. The first-order valence-corrected chi connectivity index (χ1v) is 7.62. The van der Waals surface area contributed by atoms with Crippen LogP contribution in [0.4, 0.5) is 0 Å². The summed E-state index contributed by atoms with van der Waals surface area (Å²) in [5, 5.41) is 10.4. The molecule has 0 bridgehead atoms. The van der Waals surface area contributed by atoms with E-state index >= 15 is 0 Å². The molecule has 0 aromatic carbocycles. The van der Waals surface area contributed by atoms with Gasteiger partial charge in [-0.15, -0.1) is 11.3 Å². The number of hydrogen-bond acceptors (Lipinski definition) is 6. The Morgan fingerprint density at radius 1 is 1.39 bits per heavy atom. The summed E-state index contributed by atoms with van der Waals surface area (Å²) in [4.78, 5) is 10.9. The van der Waals surface area contributed by atoms with Gasteiger partial charge in [0, 0.05) is 30.4 Å². The Labute approximate surface area is 109 Å². The summed E-state index contributed by atoms with van der Waals surface area (Å²) in [6.07, 6.45) is -0.261. The van der Waals surface area contributed by atoms with Crippen LogP contribution in [0.15, 0.2) is 16.3 Å². The maximum absolute atomic E-state index is 12.2. The van der Waals surface area contributed by atoms with Crippen molar-refractivity contribution >= 4 is 27.3 Å². The zero-order chi connectivity index (χ0) is 13.2. The van der Waals surface area contributed by atoms with Crippen LogP contribution in [-0.2, 0) is 26.0 Å². The van der Waals surface area contributed by atoms with Gasteiger partial charge in [-0.3, -0.25) is 0 Å². The monoisotopic (exact) mass is 290 g/mol. The Morgan fingerprint density at radius 2 is 2.06 bits per heavy atom. The average molecular weight is 290 g/mol. The van der Waals surface area contributed by atoms with Gasteiger partial charge in [-0.1, -0.05) is 0 Å². The number of rotatable bonds is 4. The topological polar surface area (TPSA) is 86.7 Å². The Hall–Kier alpha value is -0.960. The van der Waals surface area contributed by atoms with Crippen LogP contribution in [0.3, 0.4) is 0 Å². The largest absolute Gasteiger partial charge is 0.550 e. The van der Waals surface area contributed by atoms with Crippen molar-refractivity contribution in [2.75, 3.05) is 26.3 Å². The summed E-state index contributed by atoms with van der Waals surface area (Å²) in [5.74, 6) is -1.22. The molecular weight excluding hydrogens is 278 g/mol. The maximum Gasteiger partial charge on any atom is 0.252 e. The molecule has 0 atom stereocenters. The van der Waals surface area contributed by atoms with Crippen molar-refractivity contribution in [3.63, 3.8) is 0 Å². The molecule has 1 aliphatic heterocycles. The molecule has 0 saturated carbocycles. The van der Waals surface area contributed by atoms with Crippen LogP contribution >= 0.6 is 11.3 Å². The average Bonchev–Trinajstić information content (AvgIpc) is 2.78. The van der Waals surface area contributed by atoms with Gasteiger partial charge in [0.15, 0.2) is 0 Å². The van der Waals surface area contributed by atoms with Crippen molar-refractivity contribution < 1.29 is 23.1 Å². The quantitative estimate of drug-likeness (QED) is 0.714. The van der Waals surface area contributed by atoms with Crippen LogP contribution in [-0.4, -0.2) is 45.0 Å². The van der Waals surface area contributed by atoms with Crippen LogP contribution in [0, 0.1) is 0 Å². The number of carboxylic acids is 1. The molecule has 0 amide bonds. The third-order valence-electron chi connectivity index (χ3n) is 2.52. The van der Waals surface area contributed by atoms with E-state index in [1.54, 1.807) is 0 Å². The number of aliphatic carboxylic acids is 1. The van der Waals surface area contributed by atoms with Crippen molar-refractivity contribution in [3.8, 4) is 0 Å². The molecule has 1 saturated heterocycles. The number of nitrogens with zero attached hydrogens (tertiary/aromatic N) is 1. The molecule has 0 aliphatic carbocycles. The maximum atomic E-state index is 12.2. The third kappa shape index (κ3) is 2.89. The second kappa shape index (κ2) is 5.35. The molecule has 0 N–H and O–H groups in total. The van der Waals surface area contributed by atoms with Gasteiger partial charge in [0.25, 0.3) is 10.0 Å². The molecule has 1 aromatic heterocycles. The number of hydrogen-bond donors (Lipinski definition) is 0. The smallest absolute Gasteiger partial charge is 0.252 e. The summed E-state index contributed by atoms with van der Waals surface area (Å²) in [5.41, 5.74) is 0. The molecule has 1 fully saturated rings. The molecule has 2 rings (SSSR count). The van der Waals surface area contributed by atoms with Crippen molar-refractivity contribution in [2.24, 2.45) is 0 Å². The SMILES string of the molecule is O=C([O-])Cc1ccc(S(=O)(=O)N2CCOCC2)s1. The molecule has 1 aliphatic rings. The van der Waals surface area contributed by atoms with Crippen LogP contribution < -0.4 is 5.11 Å². The Kier molecular flexibility index (Phi) is 4.00. The predicted octanol–water partition coefficient (Wildman–Crippen LogP) is -0.939. The number of sulfonamides is 1. The van der Waals surface area contributed by atoms with Gasteiger partial charge in [0.05, 0.1) is 13.2 Å². The van der Waals surface area contributed by atoms with Gasteiger partial charge in [-0.25, -0.2) is 8.42 Å². The highest BCUT2D eigenvalue weighted by atomic mass is 32.2. The van der Waals surface area contributed by atoms with Gasteiger partial charge in [-0.2, -0.15) is 4.31 Å². The predicted molar refractivity (Wildman–Crippen MR) is 62.6 cm³/mol. The number of carbonyl (C=O) groups excluding carboxylic acids is 1. The van der Waals surface area contributed by atoms with Crippen LogP contribution in [0.2, 0.25) is 0 Å². The van der Waals surface area contributed by atoms with Crippen molar-refractivity contribution in [1.82, 2.24) is 4.31 Å². The molecule has 100 valence electrons. The summed E-state index contributed by atoms with van der Waals surface area (Å²) in [7, 11) is -3.52. The zero-order valence-electron chi connectivity index (χ0n) is 9.50. The fourth-order valence-electron chi connectivity index (χ4n) is 1.65. The molecule has 8 heteroatoms. The summed E-state index contributed by atoms with van der Waals surface area (Å²) in [6, 6.07) is 2.95. The minimum Gasteiger partial charge on any atom is -0.550 e. The van der Waals surface area contributed by atoms with E-state index in [-0.39, 0.29) is 10.6 Å². The van der Waals surface area contributed by atoms with Crippen molar-refractivity contribution in [1.29, 1.82) is 0 Å². The third-order valence-corrected chi connectivity index (χ3v) is 5.97. The standard InChI is InChI=1S/C10H13NO5S2/c12-9(13)7-8-1-2-10(17-8)18(14,15)11-3-5-16-6-4-11/h1-2H,3-7H2,(H,12,13)/p-1. The number of morpholine rings is 1.